The van der Waals surface area contributed by atoms with Crippen LogP contribution in [0.2, 0.25) is 0 Å². The first-order chi connectivity index (χ1) is 10.0. The molecule has 0 fully saturated rings. The molecule has 0 aromatic carbocycles. The Balaban J connectivity index is 5.96. The van der Waals surface area contributed by atoms with Crippen LogP contribution in [0.15, 0.2) is 0 Å². The predicted octanol–water partition coefficient (Wildman–Crippen LogP) is 5.77. The van der Waals surface area contributed by atoms with Crippen molar-refractivity contribution in [3.8, 4) is 0 Å². The smallest absolute Gasteiger partial charge is 0.0382 e. The minimum Gasteiger partial charge on any atom is -0.271 e. The topological polar surface area (TPSA) is 38.0 Å². The van der Waals surface area contributed by atoms with E-state index in [1.54, 1.807) is 0 Å². The zero-order valence-corrected chi connectivity index (χ0v) is 16.9. The van der Waals surface area contributed by atoms with E-state index in [1.165, 1.54) is 19.3 Å². The Labute approximate surface area is 141 Å². The van der Waals surface area contributed by atoms with Gasteiger partial charge in [-0.15, -0.1) is 0 Å². The van der Waals surface area contributed by atoms with Gasteiger partial charge in [-0.2, -0.15) is 0 Å². The lowest BCUT2D eigenvalue weighted by molar-refractivity contribution is -0.00174. The highest BCUT2D eigenvalue weighted by Gasteiger charge is 2.49. The first-order valence-electron chi connectivity index (χ1n) is 9.52. The summed E-state index contributed by atoms with van der Waals surface area (Å²) in [6.45, 7) is 21.1. The van der Waals surface area contributed by atoms with E-state index in [0.717, 1.165) is 12.8 Å². The normalized spacial score (nSPS) is 13.9. The molecule has 0 saturated carbocycles. The molecule has 0 aliphatic carbocycles. The van der Waals surface area contributed by atoms with Crippen molar-refractivity contribution >= 4 is 0 Å². The summed E-state index contributed by atoms with van der Waals surface area (Å²) in [6.07, 6.45) is 6.04. The van der Waals surface area contributed by atoms with Gasteiger partial charge in [0, 0.05) is 5.54 Å². The van der Waals surface area contributed by atoms with Gasteiger partial charge in [0.25, 0.3) is 0 Å². The van der Waals surface area contributed by atoms with Crippen LogP contribution in [0.4, 0.5) is 0 Å². The highest BCUT2D eigenvalue weighted by Crippen LogP contribution is 2.51. The molecule has 2 nitrogen and oxygen atoms in total. The molecule has 3 N–H and O–H groups in total. The van der Waals surface area contributed by atoms with Crippen molar-refractivity contribution in [2.24, 2.45) is 34.9 Å². The van der Waals surface area contributed by atoms with Crippen LogP contribution in [0, 0.1) is 29.1 Å². The summed E-state index contributed by atoms with van der Waals surface area (Å²) in [5, 5.41) is 0. The van der Waals surface area contributed by atoms with Gasteiger partial charge in [0.15, 0.2) is 0 Å². The fraction of sp³-hybridized carbons (Fsp3) is 1.00. The van der Waals surface area contributed by atoms with Gasteiger partial charge in [-0.1, -0.05) is 62.3 Å². The van der Waals surface area contributed by atoms with Gasteiger partial charge in [0.1, 0.15) is 0 Å². The monoisotopic (exact) mass is 312 g/mol. The minimum atomic E-state index is 0.0403. The van der Waals surface area contributed by atoms with Crippen molar-refractivity contribution in [2.75, 3.05) is 0 Å². The lowest BCUT2D eigenvalue weighted by Crippen LogP contribution is -2.62. The Morgan fingerprint density at radius 2 is 1.00 bits per heavy atom. The molecule has 134 valence electrons. The summed E-state index contributed by atoms with van der Waals surface area (Å²) in [5.74, 6) is 8.97. The van der Waals surface area contributed by atoms with E-state index >= 15 is 0 Å². The Morgan fingerprint density at radius 3 is 1.18 bits per heavy atom. The van der Waals surface area contributed by atoms with E-state index in [4.69, 9.17) is 5.84 Å². The molecule has 0 aliphatic rings. The van der Waals surface area contributed by atoms with Gasteiger partial charge < -0.3 is 0 Å². The minimum absolute atomic E-state index is 0.0403. The van der Waals surface area contributed by atoms with E-state index in [2.05, 4.69) is 67.7 Å². The van der Waals surface area contributed by atoms with Crippen molar-refractivity contribution < 1.29 is 0 Å². The van der Waals surface area contributed by atoms with Crippen molar-refractivity contribution in [2.45, 2.75) is 100.0 Å². The summed E-state index contributed by atoms with van der Waals surface area (Å²) in [7, 11) is 0. The third-order valence-corrected chi connectivity index (χ3v) is 5.08. The molecule has 22 heavy (non-hydrogen) atoms. The summed E-state index contributed by atoms with van der Waals surface area (Å²) < 4.78 is 0. The summed E-state index contributed by atoms with van der Waals surface area (Å²) in [4.78, 5) is 0. The maximum absolute atomic E-state index is 6.27. The van der Waals surface area contributed by atoms with Crippen LogP contribution >= 0.6 is 0 Å². The van der Waals surface area contributed by atoms with E-state index < -0.39 is 0 Å². The summed E-state index contributed by atoms with van der Waals surface area (Å²) >= 11 is 0. The number of hydrazine groups is 1. The molecule has 0 spiro atoms. The predicted molar refractivity (Wildman–Crippen MR) is 101 cm³/mol. The zero-order valence-electron chi connectivity index (χ0n) is 16.9. The Bertz CT molecular complexity index is 242. The van der Waals surface area contributed by atoms with Gasteiger partial charge >= 0.3 is 0 Å². The third kappa shape index (κ3) is 5.85. The number of rotatable bonds is 11. The van der Waals surface area contributed by atoms with E-state index in [-0.39, 0.29) is 11.0 Å². The maximum Gasteiger partial charge on any atom is 0.0382 e. The molecule has 0 amide bonds. The quantitative estimate of drug-likeness (QED) is 0.375. The number of nitrogens with two attached hydrogens (primary N) is 1. The number of nitrogens with one attached hydrogen (secondary N) is 1. The Kier molecular flexibility index (Phi) is 9.24. The molecule has 0 aromatic rings. The standard InChI is InChI=1S/C20H44N2/c1-10-19(11-15(2)3,12-16(4)5)20(22-21,13-17(6)7)14-18(8)9/h15-18,22H,10-14,21H2,1-9H3. The fourth-order valence-corrected chi connectivity index (χ4v) is 4.85. The molecular formula is C20H44N2. The Hall–Kier alpha value is -0.0800. The second kappa shape index (κ2) is 9.27. The van der Waals surface area contributed by atoms with Gasteiger partial charge in [-0.25, -0.2) is 0 Å². The van der Waals surface area contributed by atoms with Crippen LogP contribution in [0.1, 0.15) is 94.4 Å². The average molecular weight is 313 g/mol. The van der Waals surface area contributed by atoms with Gasteiger partial charge in [0.05, 0.1) is 0 Å². The molecular weight excluding hydrogens is 268 g/mol. The van der Waals surface area contributed by atoms with Crippen molar-refractivity contribution in [3.63, 3.8) is 0 Å². The molecule has 0 rings (SSSR count). The number of hydrogen-bond acceptors (Lipinski definition) is 2. The summed E-state index contributed by atoms with van der Waals surface area (Å²) in [6, 6.07) is 0. The molecule has 0 saturated heterocycles. The fourth-order valence-electron chi connectivity index (χ4n) is 4.85. The van der Waals surface area contributed by atoms with Gasteiger partial charge in [-0.05, 0) is 61.2 Å². The van der Waals surface area contributed by atoms with Crippen LogP contribution in [0.5, 0.6) is 0 Å². The van der Waals surface area contributed by atoms with Crippen molar-refractivity contribution in [3.05, 3.63) is 0 Å². The van der Waals surface area contributed by atoms with Crippen LogP contribution in [0.3, 0.4) is 0 Å². The molecule has 0 aromatic heterocycles. The lowest BCUT2D eigenvalue weighted by atomic mass is 9.56. The molecule has 0 radical (unpaired) electrons. The van der Waals surface area contributed by atoms with Gasteiger partial charge in [-0.3, -0.25) is 11.3 Å². The molecule has 0 unspecified atom stereocenters. The molecule has 0 heterocycles. The lowest BCUT2D eigenvalue weighted by Gasteiger charge is -2.54. The first kappa shape index (κ1) is 21.9. The van der Waals surface area contributed by atoms with Crippen LogP contribution in [-0.2, 0) is 0 Å². The highest BCUT2D eigenvalue weighted by molar-refractivity contribution is 5.04. The molecule has 0 aliphatic heterocycles. The van der Waals surface area contributed by atoms with Crippen LogP contribution in [0.25, 0.3) is 0 Å². The SMILES string of the molecule is CCC(CC(C)C)(CC(C)C)C(CC(C)C)(CC(C)C)NN. The van der Waals surface area contributed by atoms with Crippen molar-refractivity contribution in [1.29, 1.82) is 0 Å². The van der Waals surface area contributed by atoms with Crippen LogP contribution < -0.4 is 11.3 Å². The Morgan fingerprint density at radius 1 is 0.682 bits per heavy atom. The van der Waals surface area contributed by atoms with E-state index in [0.29, 0.717) is 23.7 Å². The zero-order chi connectivity index (χ0) is 17.6. The molecule has 2 heteroatoms. The second-order valence-corrected chi connectivity index (χ2v) is 9.25. The number of hydrogen-bond donors (Lipinski definition) is 2. The van der Waals surface area contributed by atoms with E-state index in [1.807, 2.05) is 0 Å². The average Bonchev–Trinajstić information content (AvgIpc) is 2.34. The van der Waals surface area contributed by atoms with Crippen LogP contribution in [-0.4, -0.2) is 5.54 Å². The largest absolute Gasteiger partial charge is 0.271 e. The summed E-state index contributed by atoms with van der Waals surface area (Å²) in [5.41, 5.74) is 3.70. The first-order valence-corrected chi connectivity index (χ1v) is 9.52. The van der Waals surface area contributed by atoms with Crippen molar-refractivity contribution in [1.82, 2.24) is 5.43 Å². The highest BCUT2D eigenvalue weighted by atomic mass is 15.3. The maximum atomic E-state index is 6.27. The molecule has 0 atom stereocenters. The van der Waals surface area contributed by atoms with E-state index in [9.17, 15) is 0 Å². The third-order valence-electron chi connectivity index (χ3n) is 5.08. The van der Waals surface area contributed by atoms with Gasteiger partial charge in [0.2, 0.25) is 0 Å². The molecule has 0 bridgehead atoms. The second-order valence-electron chi connectivity index (χ2n) is 9.25.